The quantitative estimate of drug-likeness (QED) is 0.793. The summed E-state index contributed by atoms with van der Waals surface area (Å²) in [5.74, 6) is 0.413. The fraction of sp³-hybridized carbons (Fsp3) is 0.375. The van der Waals surface area contributed by atoms with Gasteiger partial charge in [0.05, 0.1) is 0 Å². The molecule has 0 bridgehead atoms. The van der Waals surface area contributed by atoms with Gasteiger partial charge in [-0.25, -0.2) is 0 Å². The molecule has 0 aliphatic carbocycles. The van der Waals surface area contributed by atoms with Gasteiger partial charge in [-0.1, -0.05) is 41.5 Å². The van der Waals surface area contributed by atoms with Crippen LogP contribution in [0.15, 0.2) is 35.9 Å². The van der Waals surface area contributed by atoms with Crippen molar-refractivity contribution in [1.82, 2.24) is 30.8 Å². The number of hydrogen-bond donors (Lipinski definition) is 2. The molecule has 0 fully saturated rings. The second-order valence-electron chi connectivity index (χ2n) is 5.60. The lowest BCUT2D eigenvalue weighted by Crippen LogP contribution is -2.32. The van der Waals surface area contributed by atoms with Crippen LogP contribution in [0.3, 0.4) is 0 Å². The van der Waals surface area contributed by atoms with Crippen molar-refractivity contribution >= 4 is 5.91 Å². The van der Waals surface area contributed by atoms with Crippen LogP contribution < -0.4 is 10.6 Å². The first-order valence-corrected chi connectivity index (χ1v) is 7.71. The number of carbonyl (C=O) groups is 1. The van der Waals surface area contributed by atoms with Crippen molar-refractivity contribution in [2.45, 2.75) is 19.9 Å². The van der Waals surface area contributed by atoms with Crippen molar-refractivity contribution in [3.8, 4) is 11.4 Å². The first kappa shape index (κ1) is 15.4. The van der Waals surface area contributed by atoms with Gasteiger partial charge >= 0.3 is 0 Å². The third kappa shape index (κ3) is 4.23. The Labute approximate surface area is 134 Å². The Hall–Kier alpha value is -2.54. The maximum atomic E-state index is 12.0. The van der Waals surface area contributed by atoms with E-state index in [1.807, 2.05) is 31.2 Å². The van der Waals surface area contributed by atoms with Crippen LogP contribution in [0.4, 0.5) is 0 Å². The maximum Gasteiger partial charge on any atom is 0.243 e. The molecular weight excluding hydrogens is 292 g/mol. The molecule has 2 heterocycles. The highest BCUT2D eigenvalue weighted by atomic mass is 16.2. The van der Waals surface area contributed by atoms with E-state index in [1.165, 1.54) is 15.9 Å². The van der Waals surface area contributed by atoms with E-state index in [0.29, 0.717) is 12.4 Å². The van der Waals surface area contributed by atoms with Gasteiger partial charge < -0.3 is 10.6 Å². The summed E-state index contributed by atoms with van der Waals surface area (Å²) in [6.07, 6.45) is 3.09. The Kier molecular flexibility index (Phi) is 4.77. The third-order valence-corrected chi connectivity index (χ3v) is 3.72. The second kappa shape index (κ2) is 7.15. The monoisotopic (exact) mass is 312 g/mol. The summed E-state index contributed by atoms with van der Waals surface area (Å²) in [6, 6.07) is 7.88. The highest BCUT2D eigenvalue weighted by Gasteiger charge is 2.10. The van der Waals surface area contributed by atoms with Crippen molar-refractivity contribution in [1.29, 1.82) is 0 Å². The normalized spacial score (nSPS) is 14.4. The number of hydrogen-bond acceptors (Lipinski definition) is 5. The molecule has 1 amide bonds. The van der Waals surface area contributed by atoms with E-state index in [-0.39, 0.29) is 12.5 Å². The maximum absolute atomic E-state index is 12.0. The molecule has 0 unspecified atom stereocenters. The second-order valence-corrected chi connectivity index (χ2v) is 5.60. The van der Waals surface area contributed by atoms with Crippen molar-refractivity contribution < 1.29 is 4.79 Å². The molecule has 1 aromatic heterocycles. The molecule has 0 radical (unpaired) electrons. The molecule has 7 nitrogen and oxygen atoms in total. The number of amides is 1. The van der Waals surface area contributed by atoms with E-state index in [4.69, 9.17) is 0 Å². The Morgan fingerprint density at radius 3 is 2.91 bits per heavy atom. The number of nitrogens with one attached hydrogen (secondary N) is 2. The summed E-state index contributed by atoms with van der Waals surface area (Å²) in [5, 5.41) is 18.3. The Morgan fingerprint density at radius 2 is 2.17 bits per heavy atom. The van der Waals surface area contributed by atoms with Gasteiger partial charge in [0.2, 0.25) is 11.7 Å². The SMILES string of the molecule is Cc1ccc(-c2nnn(CC(=O)NCC3=CCNCC3)n2)cc1. The van der Waals surface area contributed by atoms with Gasteiger partial charge in [0.15, 0.2) is 0 Å². The van der Waals surface area contributed by atoms with Gasteiger partial charge in [-0.3, -0.25) is 4.79 Å². The van der Waals surface area contributed by atoms with Crippen LogP contribution in [-0.2, 0) is 11.3 Å². The molecule has 23 heavy (non-hydrogen) atoms. The van der Waals surface area contributed by atoms with Crippen molar-refractivity contribution in [2.75, 3.05) is 19.6 Å². The van der Waals surface area contributed by atoms with Crippen molar-refractivity contribution in [3.63, 3.8) is 0 Å². The van der Waals surface area contributed by atoms with Gasteiger partial charge in [-0.2, -0.15) is 4.80 Å². The molecule has 7 heteroatoms. The van der Waals surface area contributed by atoms with Gasteiger partial charge in [-0.05, 0) is 25.1 Å². The van der Waals surface area contributed by atoms with E-state index in [2.05, 4.69) is 32.1 Å². The topological polar surface area (TPSA) is 84.7 Å². The minimum Gasteiger partial charge on any atom is -0.351 e. The van der Waals surface area contributed by atoms with Crippen LogP contribution >= 0.6 is 0 Å². The zero-order valence-electron chi connectivity index (χ0n) is 13.1. The number of rotatable bonds is 5. The number of benzene rings is 1. The molecule has 0 saturated heterocycles. The number of aromatic nitrogens is 4. The molecule has 1 aliphatic rings. The molecule has 3 rings (SSSR count). The first-order chi connectivity index (χ1) is 11.2. The summed E-state index contributed by atoms with van der Waals surface area (Å²) in [7, 11) is 0. The Balaban J connectivity index is 1.55. The number of carbonyl (C=O) groups excluding carboxylic acids is 1. The average molecular weight is 312 g/mol. The van der Waals surface area contributed by atoms with Gasteiger partial charge in [0, 0.05) is 18.7 Å². The Morgan fingerprint density at radius 1 is 1.35 bits per heavy atom. The van der Waals surface area contributed by atoms with Gasteiger partial charge in [-0.15, -0.1) is 10.2 Å². The predicted octanol–water partition coefficient (Wildman–Crippen LogP) is 0.684. The largest absolute Gasteiger partial charge is 0.351 e. The lowest BCUT2D eigenvalue weighted by atomic mass is 10.1. The fourth-order valence-electron chi connectivity index (χ4n) is 2.35. The van der Waals surface area contributed by atoms with Crippen LogP contribution in [0.1, 0.15) is 12.0 Å². The van der Waals surface area contributed by atoms with Gasteiger partial charge in [0.25, 0.3) is 0 Å². The summed E-state index contributed by atoms with van der Waals surface area (Å²) in [4.78, 5) is 13.3. The van der Waals surface area contributed by atoms with Crippen molar-refractivity contribution in [3.05, 3.63) is 41.5 Å². The van der Waals surface area contributed by atoms with Gasteiger partial charge in [0.1, 0.15) is 6.54 Å². The molecule has 0 saturated carbocycles. The smallest absolute Gasteiger partial charge is 0.243 e. The molecule has 1 aliphatic heterocycles. The average Bonchev–Trinajstić information content (AvgIpc) is 3.03. The minimum atomic E-state index is -0.114. The number of tetrazole rings is 1. The van der Waals surface area contributed by atoms with E-state index in [0.717, 1.165) is 25.1 Å². The van der Waals surface area contributed by atoms with E-state index < -0.39 is 0 Å². The zero-order valence-corrected chi connectivity index (χ0v) is 13.1. The van der Waals surface area contributed by atoms with Crippen LogP contribution in [-0.4, -0.2) is 45.7 Å². The minimum absolute atomic E-state index is 0.0738. The molecule has 0 atom stereocenters. The molecule has 120 valence electrons. The van der Waals surface area contributed by atoms with Crippen LogP contribution in [0.25, 0.3) is 11.4 Å². The summed E-state index contributed by atoms with van der Waals surface area (Å²) in [6.45, 7) is 4.52. The third-order valence-electron chi connectivity index (χ3n) is 3.72. The fourth-order valence-corrected chi connectivity index (χ4v) is 2.35. The van der Waals surface area contributed by atoms with E-state index in [1.54, 1.807) is 0 Å². The van der Waals surface area contributed by atoms with E-state index >= 15 is 0 Å². The Bertz CT molecular complexity index is 704. The van der Waals surface area contributed by atoms with Crippen molar-refractivity contribution in [2.24, 2.45) is 0 Å². The lowest BCUT2D eigenvalue weighted by Gasteiger charge is -2.14. The zero-order chi connectivity index (χ0) is 16.1. The highest BCUT2D eigenvalue weighted by Crippen LogP contribution is 2.13. The number of nitrogens with zero attached hydrogens (tertiary/aromatic N) is 4. The summed E-state index contributed by atoms with van der Waals surface area (Å²) >= 11 is 0. The predicted molar refractivity (Wildman–Crippen MR) is 86.6 cm³/mol. The molecular formula is C16H20N6O. The standard InChI is InChI=1S/C16H20N6O/c1-12-2-4-14(5-3-12)16-19-21-22(20-16)11-15(23)18-10-13-6-8-17-9-7-13/h2-6,17H,7-11H2,1H3,(H,18,23). The molecule has 1 aromatic carbocycles. The number of aryl methyl sites for hydroxylation is 1. The van der Waals surface area contributed by atoms with E-state index in [9.17, 15) is 4.79 Å². The summed E-state index contributed by atoms with van der Waals surface area (Å²) < 4.78 is 0. The lowest BCUT2D eigenvalue weighted by molar-refractivity contribution is -0.121. The van der Waals surface area contributed by atoms with Crippen LogP contribution in [0, 0.1) is 6.92 Å². The molecule has 0 spiro atoms. The molecule has 2 N–H and O–H groups in total. The van der Waals surface area contributed by atoms with Crippen LogP contribution in [0.5, 0.6) is 0 Å². The molecule has 2 aromatic rings. The highest BCUT2D eigenvalue weighted by molar-refractivity contribution is 5.75. The first-order valence-electron chi connectivity index (χ1n) is 7.71. The summed E-state index contributed by atoms with van der Waals surface area (Å²) in [5.41, 5.74) is 3.32. The van der Waals surface area contributed by atoms with Crippen LogP contribution in [0.2, 0.25) is 0 Å².